The molecule has 2 aromatic rings. The van der Waals surface area contributed by atoms with Crippen molar-refractivity contribution in [3.63, 3.8) is 0 Å². The van der Waals surface area contributed by atoms with Crippen molar-refractivity contribution in [2.75, 3.05) is 37.6 Å². The maximum Gasteiger partial charge on any atom is 0.300 e. The number of anilines is 1. The summed E-state index contributed by atoms with van der Waals surface area (Å²) in [6.45, 7) is 7.53. The molecule has 0 unspecified atom stereocenters. The average Bonchev–Trinajstić information content (AvgIpc) is 2.84. The largest absolute Gasteiger partial charge is 0.422 e. The fourth-order valence-corrected chi connectivity index (χ4v) is 2.37. The molecule has 112 valence electrons. The lowest BCUT2D eigenvalue weighted by Gasteiger charge is -2.33. The number of fused-ring (bicyclic) bond motifs is 1. The van der Waals surface area contributed by atoms with Gasteiger partial charge in [-0.1, -0.05) is 6.92 Å². The summed E-state index contributed by atoms with van der Waals surface area (Å²) in [6.07, 6.45) is 2.96. The Labute approximate surface area is 139 Å². The van der Waals surface area contributed by atoms with Gasteiger partial charge in [0.15, 0.2) is 5.58 Å². The Morgan fingerprint density at radius 2 is 1.95 bits per heavy atom. The normalized spacial score (nSPS) is 15.8. The molecular weight excluding hydrogens is 388 g/mol. The number of oxazole rings is 1. The predicted octanol–water partition coefficient (Wildman–Crippen LogP) is 2.91. The molecule has 0 amide bonds. The van der Waals surface area contributed by atoms with Crippen LogP contribution in [0.15, 0.2) is 22.7 Å². The minimum atomic E-state index is 0. The van der Waals surface area contributed by atoms with Gasteiger partial charge in [0.2, 0.25) is 5.65 Å². The molecule has 0 aromatic carbocycles. The SMILES string of the molecule is Br.Br.CCCN1CCN(c2nc3ncccc3o2)CC1. The van der Waals surface area contributed by atoms with Crippen LogP contribution in [0.3, 0.4) is 0 Å². The summed E-state index contributed by atoms with van der Waals surface area (Å²) >= 11 is 0. The lowest BCUT2D eigenvalue weighted by atomic mass is 10.3. The Hall–Kier alpha value is -0.660. The summed E-state index contributed by atoms with van der Waals surface area (Å²) in [5.41, 5.74) is 1.46. The molecule has 0 radical (unpaired) electrons. The van der Waals surface area contributed by atoms with E-state index in [9.17, 15) is 0 Å². The highest BCUT2D eigenvalue weighted by Gasteiger charge is 2.20. The van der Waals surface area contributed by atoms with Crippen LogP contribution < -0.4 is 4.90 Å². The van der Waals surface area contributed by atoms with Gasteiger partial charge >= 0.3 is 0 Å². The maximum atomic E-state index is 5.74. The van der Waals surface area contributed by atoms with Gasteiger partial charge in [-0.05, 0) is 25.1 Å². The molecule has 0 bridgehead atoms. The highest BCUT2D eigenvalue weighted by Crippen LogP contribution is 2.21. The first-order chi connectivity index (χ1) is 8.86. The van der Waals surface area contributed by atoms with E-state index in [1.54, 1.807) is 6.20 Å². The molecular formula is C13H20Br2N4O. The smallest absolute Gasteiger partial charge is 0.300 e. The minimum absolute atomic E-state index is 0. The van der Waals surface area contributed by atoms with E-state index in [0.717, 1.165) is 31.8 Å². The molecule has 5 nitrogen and oxygen atoms in total. The van der Waals surface area contributed by atoms with Gasteiger partial charge in [-0.15, -0.1) is 34.0 Å². The van der Waals surface area contributed by atoms with Gasteiger partial charge in [-0.3, -0.25) is 4.90 Å². The van der Waals surface area contributed by atoms with Crippen molar-refractivity contribution in [3.8, 4) is 0 Å². The van der Waals surface area contributed by atoms with Gasteiger partial charge in [0.25, 0.3) is 6.01 Å². The lowest BCUT2D eigenvalue weighted by molar-refractivity contribution is 0.254. The number of rotatable bonds is 3. The standard InChI is InChI=1S/C13H18N4O.2BrH/c1-2-6-16-7-9-17(10-8-16)13-15-12-11(18-13)4-3-5-14-12;;/h3-5H,2,6-10H2,1H3;2*1H. The number of halogens is 2. The van der Waals surface area contributed by atoms with Crippen molar-refractivity contribution < 1.29 is 4.42 Å². The molecule has 1 aliphatic rings. The highest BCUT2D eigenvalue weighted by molar-refractivity contribution is 8.93. The Bertz CT molecular complexity index is 493. The molecule has 7 heteroatoms. The molecule has 0 N–H and O–H groups in total. The molecule has 1 aliphatic heterocycles. The predicted molar refractivity (Wildman–Crippen MR) is 91.4 cm³/mol. The molecule has 0 saturated carbocycles. The zero-order chi connectivity index (χ0) is 12.4. The molecule has 3 heterocycles. The van der Waals surface area contributed by atoms with Crippen LogP contribution in [0, 0.1) is 0 Å². The van der Waals surface area contributed by atoms with Crippen LogP contribution in [0.4, 0.5) is 6.01 Å². The minimum Gasteiger partial charge on any atom is -0.422 e. The van der Waals surface area contributed by atoms with E-state index >= 15 is 0 Å². The molecule has 20 heavy (non-hydrogen) atoms. The molecule has 2 aromatic heterocycles. The van der Waals surface area contributed by atoms with Crippen LogP contribution in [0.25, 0.3) is 11.2 Å². The average molecular weight is 408 g/mol. The number of aromatic nitrogens is 2. The topological polar surface area (TPSA) is 45.4 Å². The first kappa shape index (κ1) is 17.4. The summed E-state index contributed by atoms with van der Waals surface area (Å²) in [5.74, 6) is 0. The molecule has 0 aliphatic carbocycles. The monoisotopic (exact) mass is 406 g/mol. The summed E-state index contributed by atoms with van der Waals surface area (Å²) in [6, 6.07) is 4.49. The van der Waals surface area contributed by atoms with Crippen LogP contribution in [0.1, 0.15) is 13.3 Å². The van der Waals surface area contributed by atoms with Crippen molar-refractivity contribution in [2.45, 2.75) is 13.3 Å². The molecule has 3 rings (SSSR count). The highest BCUT2D eigenvalue weighted by atomic mass is 79.9. The summed E-state index contributed by atoms with van der Waals surface area (Å²) < 4.78 is 5.74. The van der Waals surface area contributed by atoms with E-state index in [2.05, 4.69) is 26.7 Å². The number of piperazine rings is 1. The van der Waals surface area contributed by atoms with E-state index in [1.807, 2.05) is 12.1 Å². The number of hydrogen-bond acceptors (Lipinski definition) is 5. The second-order valence-corrected chi connectivity index (χ2v) is 4.65. The Morgan fingerprint density at radius 3 is 2.60 bits per heavy atom. The van der Waals surface area contributed by atoms with Crippen LogP contribution in [-0.2, 0) is 0 Å². The number of pyridine rings is 1. The summed E-state index contributed by atoms with van der Waals surface area (Å²) in [7, 11) is 0. The van der Waals surface area contributed by atoms with E-state index in [1.165, 1.54) is 13.0 Å². The molecule has 0 atom stereocenters. The number of nitrogens with zero attached hydrogens (tertiary/aromatic N) is 4. The lowest BCUT2D eigenvalue weighted by Crippen LogP contribution is -2.46. The third-order valence-electron chi connectivity index (χ3n) is 3.34. The van der Waals surface area contributed by atoms with E-state index in [-0.39, 0.29) is 34.0 Å². The van der Waals surface area contributed by atoms with Gasteiger partial charge < -0.3 is 9.32 Å². The Kier molecular flexibility index (Phi) is 6.91. The molecule has 1 saturated heterocycles. The second-order valence-electron chi connectivity index (χ2n) is 4.65. The van der Waals surface area contributed by atoms with E-state index in [4.69, 9.17) is 4.42 Å². The maximum absolute atomic E-state index is 5.74. The van der Waals surface area contributed by atoms with Crippen LogP contribution >= 0.6 is 34.0 Å². The first-order valence-electron chi connectivity index (χ1n) is 6.55. The summed E-state index contributed by atoms with van der Waals surface area (Å²) in [5, 5.41) is 0. The van der Waals surface area contributed by atoms with Crippen LogP contribution in [0.5, 0.6) is 0 Å². The number of hydrogen-bond donors (Lipinski definition) is 0. The fourth-order valence-electron chi connectivity index (χ4n) is 2.37. The Balaban J connectivity index is 0.000001000. The zero-order valence-corrected chi connectivity index (χ0v) is 14.9. The van der Waals surface area contributed by atoms with Gasteiger partial charge in [0.05, 0.1) is 0 Å². The fraction of sp³-hybridized carbons (Fsp3) is 0.538. The van der Waals surface area contributed by atoms with Crippen molar-refractivity contribution >= 4 is 51.2 Å². The third-order valence-corrected chi connectivity index (χ3v) is 3.34. The van der Waals surface area contributed by atoms with E-state index in [0.29, 0.717) is 11.7 Å². The van der Waals surface area contributed by atoms with Gasteiger partial charge in [-0.25, -0.2) is 4.98 Å². The Morgan fingerprint density at radius 1 is 1.20 bits per heavy atom. The third kappa shape index (κ3) is 3.71. The van der Waals surface area contributed by atoms with Crippen molar-refractivity contribution in [1.29, 1.82) is 0 Å². The van der Waals surface area contributed by atoms with Crippen molar-refractivity contribution in [3.05, 3.63) is 18.3 Å². The van der Waals surface area contributed by atoms with Gasteiger partial charge in [-0.2, -0.15) is 4.98 Å². The van der Waals surface area contributed by atoms with Crippen molar-refractivity contribution in [1.82, 2.24) is 14.9 Å². The van der Waals surface area contributed by atoms with E-state index < -0.39 is 0 Å². The van der Waals surface area contributed by atoms with Gasteiger partial charge in [0.1, 0.15) is 0 Å². The quantitative estimate of drug-likeness (QED) is 0.782. The van der Waals surface area contributed by atoms with Gasteiger partial charge in [0, 0.05) is 32.4 Å². The van der Waals surface area contributed by atoms with Crippen LogP contribution in [0.2, 0.25) is 0 Å². The molecule has 0 spiro atoms. The first-order valence-corrected chi connectivity index (χ1v) is 6.55. The zero-order valence-electron chi connectivity index (χ0n) is 11.5. The molecule has 1 fully saturated rings. The summed E-state index contributed by atoms with van der Waals surface area (Å²) in [4.78, 5) is 13.3. The second kappa shape index (κ2) is 7.95. The van der Waals surface area contributed by atoms with Crippen molar-refractivity contribution in [2.24, 2.45) is 0 Å². The van der Waals surface area contributed by atoms with Crippen LogP contribution in [-0.4, -0.2) is 47.6 Å².